The molecule has 1 aromatic rings. The largest absolute Gasteiger partial charge is 0.507 e. The number of ether oxygens (including phenoxy) is 1. The lowest BCUT2D eigenvalue weighted by molar-refractivity contribution is 0.264. The zero-order valence-electron chi connectivity index (χ0n) is 9.87. The van der Waals surface area contributed by atoms with E-state index in [0.29, 0.717) is 11.7 Å². The standard InChI is InChI=1S/C14H16O2/c1-7-8(2)14-12(9(3)13(7)15)10-5-4-6-11(10)16-14/h4,6,10-11,15H,5H2,1-3H3/t10-,11+/m0/s1. The van der Waals surface area contributed by atoms with E-state index >= 15 is 0 Å². The van der Waals surface area contributed by atoms with Crippen LogP contribution in [0.15, 0.2) is 12.2 Å². The Bertz CT molecular complexity index is 500. The van der Waals surface area contributed by atoms with E-state index in [4.69, 9.17) is 4.74 Å². The van der Waals surface area contributed by atoms with Gasteiger partial charge in [-0.15, -0.1) is 0 Å². The molecule has 3 rings (SSSR count). The van der Waals surface area contributed by atoms with Gasteiger partial charge < -0.3 is 9.84 Å². The summed E-state index contributed by atoms with van der Waals surface area (Å²) in [5.41, 5.74) is 4.24. The second-order valence-electron chi connectivity index (χ2n) is 4.82. The van der Waals surface area contributed by atoms with Crippen molar-refractivity contribution in [3.63, 3.8) is 0 Å². The van der Waals surface area contributed by atoms with E-state index in [1.54, 1.807) is 0 Å². The Morgan fingerprint density at radius 1 is 1.19 bits per heavy atom. The Kier molecular flexibility index (Phi) is 1.85. The van der Waals surface area contributed by atoms with Crippen molar-refractivity contribution in [3.8, 4) is 11.5 Å². The van der Waals surface area contributed by atoms with Crippen LogP contribution in [0.5, 0.6) is 11.5 Å². The molecule has 16 heavy (non-hydrogen) atoms. The molecule has 0 radical (unpaired) electrons. The highest BCUT2D eigenvalue weighted by Gasteiger charge is 2.38. The van der Waals surface area contributed by atoms with Crippen molar-refractivity contribution in [3.05, 3.63) is 34.4 Å². The topological polar surface area (TPSA) is 29.5 Å². The van der Waals surface area contributed by atoms with Crippen molar-refractivity contribution in [2.24, 2.45) is 0 Å². The average Bonchev–Trinajstić information content (AvgIpc) is 2.82. The minimum absolute atomic E-state index is 0.189. The molecular weight excluding hydrogens is 200 g/mol. The molecule has 2 atom stereocenters. The lowest BCUT2D eigenvalue weighted by Crippen LogP contribution is -2.10. The van der Waals surface area contributed by atoms with Gasteiger partial charge in [0.05, 0.1) is 0 Å². The molecule has 84 valence electrons. The predicted octanol–water partition coefficient (Wildman–Crippen LogP) is 3.12. The van der Waals surface area contributed by atoms with Crippen molar-refractivity contribution in [2.45, 2.75) is 39.2 Å². The first-order valence-corrected chi connectivity index (χ1v) is 5.77. The van der Waals surface area contributed by atoms with E-state index in [1.165, 1.54) is 5.56 Å². The number of allylic oxidation sites excluding steroid dienone is 1. The van der Waals surface area contributed by atoms with Crippen LogP contribution in [0.1, 0.15) is 34.6 Å². The normalized spacial score (nSPS) is 25.4. The van der Waals surface area contributed by atoms with Crippen LogP contribution in [0.25, 0.3) is 0 Å². The van der Waals surface area contributed by atoms with Crippen molar-refractivity contribution < 1.29 is 9.84 Å². The van der Waals surface area contributed by atoms with Crippen LogP contribution in [-0.2, 0) is 0 Å². The molecule has 0 unspecified atom stereocenters. The van der Waals surface area contributed by atoms with Gasteiger partial charge >= 0.3 is 0 Å². The highest BCUT2D eigenvalue weighted by molar-refractivity contribution is 5.61. The van der Waals surface area contributed by atoms with E-state index in [9.17, 15) is 5.11 Å². The third-order valence-electron chi connectivity index (χ3n) is 4.00. The molecule has 1 heterocycles. The summed E-state index contributed by atoms with van der Waals surface area (Å²) in [4.78, 5) is 0. The van der Waals surface area contributed by atoms with E-state index in [2.05, 4.69) is 12.2 Å². The van der Waals surface area contributed by atoms with Crippen molar-refractivity contribution in [1.82, 2.24) is 0 Å². The molecule has 1 aromatic carbocycles. The van der Waals surface area contributed by atoms with Gasteiger partial charge in [0.1, 0.15) is 17.6 Å². The van der Waals surface area contributed by atoms with Crippen LogP contribution in [0.3, 0.4) is 0 Å². The molecule has 0 bridgehead atoms. The van der Waals surface area contributed by atoms with Crippen LogP contribution in [0, 0.1) is 20.8 Å². The Morgan fingerprint density at radius 2 is 1.94 bits per heavy atom. The van der Waals surface area contributed by atoms with Crippen molar-refractivity contribution in [2.75, 3.05) is 0 Å². The fourth-order valence-electron chi connectivity index (χ4n) is 2.89. The van der Waals surface area contributed by atoms with Crippen LogP contribution < -0.4 is 4.74 Å². The monoisotopic (exact) mass is 216 g/mol. The number of phenols is 1. The highest BCUT2D eigenvalue weighted by atomic mass is 16.5. The van der Waals surface area contributed by atoms with Crippen molar-refractivity contribution in [1.29, 1.82) is 0 Å². The van der Waals surface area contributed by atoms with E-state index < -0.39 is 0 Å². The number of aromatic hydroxyl groups is 1. The van der Waals surface area contributed by atoms with Gasteiger partial charge in [-0.1, -0.05) is 6.08 Å². The number of phenolic OH excluding ortho intramolecular Hbond substituents is 1. The summed E-state index contributed by atoms with van der Waals surface area (Å²) in [6.45, 7) is 5.97. The van der Waals surface area contributed by atoms with E-state index in [0.717, 1.165) is 28.9 Å². The van der Waals surface area contributed by atoms with Crippen LogP contribution in [0.2, 0.25) is 0 Å². The maximum Gasteiger partial charge on any atom is 0.127 e. The van der Waals surface area contributed by atoms with Gasteiger partial charge in [0.2, 0.25) is 0 Å². The smallest absolute Gasteiger partial charge is 0.127 e. The predicted molar refractivity (Wildman–Crippen MR) is 63.2 cm³/mol. The molecule has 0 spiro atoms. The van der Waals surface area contributed by atoms with Crippen LogP contribution in [0.4, 0.5) is 0 Å². The third-order valence-corrected chi connectivity index (χ3v) is 4.00. The maximum atomic E-state index is 10.1. The second kappa shape index (κ2) is 3.03. The molecule has 0 aromatic heterocycles. The first kappa shape index (κ1) is 9.76. The second-order valence-corrected chi connectivity index (χ2v) is 4.82. The highest BCUT2D eigenvalue weighted by Crippen LogP contribution is 2.50. The number of rotatable bonds is 0. The SMILES string of the molecule is Cc1c(C)c2c(c(C)c1O)[C@H]1CC=C[C@H]1O2. The molecule has 0 amide bonds. The zero-order valence-corrected chi connectivity index (χ0v) is 9.87. The molecule has 0 fully saturated rings. The zero-order chi connectivity index (χ0) is 11.4. The van der Waals surface area contributed by atoms with Crippen LogP contribution >= 0.6 is 0 Å². The van der Waals surface area contributed by atoms with Gasteiger partial charge in [0.15, 0.2) is 0 Å². The minimum Gasteiger partial charge on any atom is -0.507 e. The van der Waals surface area contributed by atoms with Gasteiger partial charge in [-0.25, -0.2) is 0 Å². The average molecular weight is 216 g/mol. The van der Waals surface area contributed by atoms with Crippen LogP contribution in [-0.4, -0.2) is 11.2 Å². The molecule has 0 saturated carbocycles. The molecule has 2 nitrogen and oxygen atoms in total. The van der Waals surface area contributed by atoms with E-state index in [-0.39, 0.29) is 6.10 Å². The van der Waals surface area contributed by atoms with Gasteiger partial charge in [0.25, 0.3) is 0 Å². The van der Waals surface area contributed by atoms with Crippen molar-refractivity contribution >= 4 is 0 Å². The summed E-state index contributed by atoms with van der Waals surface area (Å²) in [6.07, 6.45) is 5.52. The minimum atomic E-state index is 0.189. The summed E-state index contributed by atoms with van der Waals surface area (Å²) in [5.74, 6) is 1.86. The summed E-state index contributed by atoms with van der Waals surface area (Å²) >= 11 is 0. The Hall–Kier alpha value is -1.44. The van der Waals surface area contributed by atoms with Gasteiger partial charge in [-0.3, -0.25) is 0 Å². The number of hydrogen-bond acceptors (Lipinski definition) is 2. The molecular formula is C14H16O2. The fourth-order valence-corrected chi connectivity index (χ4v) is 2.89. The maximum absolute atomic E-state index is 10.1. The molecule has 1 aliphatic carbocycles. The fraction of sp³-hybridized carbons (Fsp3) is 0.429. The lowest BCUT2D eigenvalue weighted by Gasteiger charge is -2.14. The Labute approximate surface area is 95.6 Å². The van der Waals surface area contributed by atoms with Gasteiger partial charge in [-0.2, -0.15) is 0 Å². The summed E-state index contributed by atoms with van der Waals surface area (Å²) in [7, 11) is 0. The molecule has 1 aliphatic heterocycles. The Balaban J connectivity index is 2.27. The summed E-state index contributed by atoms with van der Waals surface area (Å²) in [6, 6.07) is 0. The summed E-state index contributed by atoms with van der Waals surface area (Å²) in [5, 5.41) is 10.1. The number of hydrogen-bond donors (Lipinski definition) is 1. The molecule has 0 saturated heterocycles. The van der Waals surface area contributed by atoms with E-state index in [1.807, 2.05) is 20.8 Å². The molecule has 1 N–H and O–H groups in total. The third kappa shape index (κ3) is 1.02. The summed E-state index contributed by atoms with van der Waals surface area (Å²) < 4.78 is 5.98. The number of benzene rings is 1. The first-order valence-electron chi connectivity index (χ1n) is 5.77. The first-order chi connectivity index (χ1) is 7.61. The molecule has 2 aliphatic rings. The Morgan fingerprint density at radius 3 is 2.69 bits per heavy atom. The van der Waals surface area contributed by atoms with Gasteiger partial charge in [0, 0.05) is 11.5 Å². The molecule has 2 heteroatoms. The lowest BCUT2D eigenvalue weighted by atomic mass is 9.89. The quantitative estimate of drug-likeness (QED) is 0.675. The number of fused-ring (bicyclic) bond motifs is 3. The van der Waals surface area contributed by atoms with Gasteiger partial charge in [-0.05, 0) is 50.0 Å².